The lowest BCUT2D eigenvalue weighted by Crippen LogP contribution is -2.26. The Morgan fingerprint density at radius 1 is 1.22 bits per heavy atom. The normalized spacial score (nSPS) is 13.4. The number of nitrogens with two attached hydrogens (primary N) is 1. The molecule has 0 fully saturated rings. The van der Waals surface area contributed by atoms with Gasteiger partial charge >= 0.3 is 6.18 Å². The molecule has 0 unspecified atom stereocenters. The molecule has 7 heteroatoms. The lowest BCUT2D eigenvalue weighted by Gasteiger charge is -2.16. The van der Waals surface area contributed by atoms with E-state index in [1.54, 1.807) is 43.3 Å². The zero-order chi connectivity index (χ0) is 16.8. The van der Waals surface area contributed by atoms with E-state index in [1.165, 1.54) is 4.57 Å². The fourth-order valence-corrected chi connectivity index (χ4v) is 3.51. The van der Waals surface area contributed by atoms with Crippen molar-refractivity contribution in [3.8, 4) is 5.69 Å². The van der Waals surface area contributed by atoms with Crippen LogP contribution in [0.1, 0.15) is 24.2 Å². The number of fused-ring (bicyclic) bond motifs is 1. The SMILES string of the molecule is C[C@H](N)c1cc2scc(C(F)(F)F)c2c(=O)n1-c1ccccc1. The number of rotatable bonds is 2. The first-order chi connectivity index (χ1) is 10.8. The van der Waals surface area contributed by atoms with Crippen LogP contribution in [0.15, 0.2) is 46.6 Å². The van der Waals surface area contributed by atoms with Crippen LogP contribution in [0.4, 0.5) is 13.2 Å². The van der Waals surface area contributed by atoms with Gasteiger partial charge in [-0.1, -0.05) is 18.2 Å². The molecule has 0 aliphatic rings. The Morgan fingerprint density at radius 3 is 2.43 bits per heavy atom. The maximum absolute atomic E-state index is 13.2. The summed E-state index contributed by atoms with van der Waals surface area (Å²) in [6.07, 6.45) is -4.57. The van der Waals surface area contributed by atoms with Gasteiger partial charge in [-0.15, -0.1) is 11.3 Å². The average Bonchev–Trinajstić information content (AvgIpc) is 2.92. The first-order valence-corrected chi connectivity index (χ1v) is 7.74. The van der Waals surface area contributed by atoms with Gasteiger partial charge in [0.15, 0.2) is 0 Å². The third kappa shape index (κ3) is 2.66. The maximum atomic E-state index is 13.2. The Bertz CT molecular complexity index is 911. The summed E-state index contributed by atoms with van der Waals surface area (Å²) in [7, 11) is 0. The van der Waals surface area contributed by atoms with Crippen molar-refractivity contribution in [1.82, 2.24) is 4.57 Å². The van der Waals surface area contributed by atoms with Gasteiger partial charge in [-0.25, -0.2) is 0 Å². The van der Waals surface area contributed by atoms with Crippen LogP contribution in [0.5, 0.6) is 0 Å². The predicted molar refractivity (Wildman–Crippen MR) is 85.0 cm³/mol. The number of hydrogen-bond donors (Lipinski definition) is 1. The highest BCUT2D eigenvalue weighted by Gasteiger charge is 2.35. The highest BCUT2D eigenvalue weighted by molar-refractivity contribution is 7.17. The van der Waals surface area contributed by atoms with Gasteiger partial charge in [0, 0.05) is 27.5 Å². The first kappa shape index (κ1) is 15.8. The van der Waals surface area contributed by atoms with Gasteiger partial charge in [0.2, 0.25) is 0 Å². The molecule has 0 saturated carbocycles. The highest BCUT2D eigenvalue weighted by Crippen LogP contribution is 2.37. The van der Waals surface area contributed by atoms with E-state index in [0.29, 0.717) is 16.1 Å². The third-order valence-electron chi connectivity index (χ3n) is 3.56. The van der Waals surface area contributed by atoms with Gasteiger partial charge in [0.1, 0.15) is 0 Å². The summed E-state index contributed by atoms with van der Waals surface area (Å²) in [6, 6.07) is 9.60. The molecule has 23 heavy (non-hydrogen) atoms. The minimum atomic E-state index is -4.57. The molecule has 1 aromatic carbocycles. The molecule has 2 N–H and O–H groups in total. The molecule has 3 rings (SSSR count). The molecule has 2 heterocycles. The fourth-order valence-electron chi connectivity index (χ4n) is 2.51. The molecule has 0 aliphatic carbocycles. The van der Waals surface area contributed by atoms with Crippen molar-refractivity contribution in [1.29, 1.82) is 0 Å². The van der Waals surface area contributed by atoms with Gasteiger partial charge in [-0.3, -0.25) is 9.36 Å². The summed E-state index contributed by atoms with van der Waals surface area (Å²) in [4.78, 5) is 12.8. The predicted octanol–water partition coefficient (Wildman–Crippen LogP) is 4.09. The Balaban J connectivity index is 2.44. The number of para-hydroxylation sites is 1. The molecule has 0 amide bonds. The van der Waals surface area contributed by atoms with Crippen LogP contribution < -0.4 is 11.3 Å². The van der Waals surface area contributed by atoms with E-state index in [9.17, 15) is 18.0 Å². The molecule has 0 spiro atoms. The summed E-state index contributed by atoms with van der Waals surface area (Å²) in [5, 5.41) is 0.669. The van der Waals surface area contributed by atoms with Crippen molar-refractivity contribution in [3.05, 3.63) is 63.4 Å². The lowest BCUT2D eigenvalue weighted by molar-refractivity contribution is -0.136. The summed E-state index contributed by atoms with van der Waals surface area (Å²) < 4.78 is 41.0. The minimum Gasteiger partial charge on any atom is -0.323 e. The summed E-state index contributed by atoms with van der Waals surface area (Å²) >= 11 is 0.902. The third-order valence-corrected chi connectivity index (χ3v) is 4.49. The molecule has 0 bridgehead atoms. The number of thiophene rings is 1. The summed E-state index contributed by atoms with van der Waals surface area (Å²) in [5.74, 6) is 0. The van der Waals surface area contributed by atoms with Crippen LogP contribution in [-0.2, 0) is 6.18 Å². The van der Waals surface area contributed by atoms with Crippen LogP contribution in [-0.4, -0.2) is 4.57 Å². The monoisotopic (exact) mass is 338 g/mol. The molecular formula is C16H13F3N2OS. The average molecular weight is 338 g/mol. The number of pyridine rings is 1. The van der Waals surface area contributed by atoms with Crippen molar-refractivity contribution >= 4 is 21.4 Å². The zero-order valence-corrected chi connectivity index (χ0v) is 12.9. The van der Waals surface area contributed by atoms with Crippen LogP contribution >= 0.6 is 11.3 Å². The maximum Gasteiger partial charge on any atom is 0.418 e. The fraction of sp³-hybridized carbons (Fsp3) is 0.188. The molecular weight excluding hydrogens is 325 g/mol. The van der Waals surface area contributed by atoms with Crippen molar-refractivity contribution in [2.45, 2.75) is 19.1 Å². The molecule has 1 atom stereocenters. The molecule has 3 aromatic rings. The molecule has 0 aliphatic heterocycles. The minimum absolute atomic E-state index is 0.293. The van der Waals surface area contributed by atoms with Gasteiger partial charge in [0.25, 0.3) is 5.56 Å². The Kier molecular flexibility index (Phi) is 3.77. The number of hydrogen-bond acceptors (Lipinski definition) is 3. The van der Waals surface area contributed by atoms with Gasteiger partial charge in [0.05, 0.1) is 10.9 Å². The molecule has 2 aromatic heterocycles. The van der Waals surface area contributed by atoms with Crippen LogP contribution in [0.2, 0.25) is 0 Å². The van der Waals surface area contributed by atoms with E-state index in [0.717, 1.165) is 16.7 Å². The number of nitrogens with zero attached hydrogens (tertiary/aromatic N) is 1. The van der Waals surface area contributed by atoms with Crippen LogP contribution in [0, 0.1) is 0 Å². The van der Waals surface area contributed by atoms with E-state index in [-0.39, 0.29) is 5.39 Å². The Hall–Kier alpha value is -2.12. The number of halogens is 3. The first-order valence-electron chi connectivity index (χ1n) is 6.86. The lowest BCUT2D eigenvalue weighted by atomic mass is 10.1. The second kappa shape index (κ2) is 5.50. The zero-order valence-electron chi connectivity index (χ0n) is 12.1. The molecule has 3 nitrogen and oxygen atoms in total. The smallest absolute Gasteiger partial charge is 0.323 e. The number of alkyl halides is 3. The molecule has 0 saturated heterocycles. The van der Waals surface area contributed by atoms with Crippen LogP contribution in [0.25, 0.3) is 15.8 Å². The largest absolute Gasteiger partial charge is 0.418 e. The standard InChI is InChI=1S/C16H13F3N2OS/c1-9(20)12-7-13-14(11(8-23-13)16(17,18)19)15(22)21(12)10-5-3-2-4-6-10/h2-9H,20H2,1H3/t9-/m0/s1. The number of aromatic nitrogens is 1. The molecule has 0 radical (unpaired) electrons. The second-order valence-corrected chi connectivity index (χ2v) is 6.13. The van der Waals surface area contributed by atoms with Crippen LogP contribution in [0.3, 0.4) is 0 Å². The van der Waals surface area contributed by atoms with Gasteiger partial charge in [-0.05, 0) is 25.1 Å². The summed E-state index contributed by atoms with van der Waals surface area (Å²) in [5.41, 5.74) is 5.30. The van der Waals surface area contributed by atoms with E-state index in [2.05, 4.69) is 0 Å². The van der Waals surface area contributed by atoms with Crippen molar-refractivity contribution in [2.24, 2.45) is 5.73 Å². The van der Waals surface area contributed by atoms with E-state index in [1.807, 2.05) is 0 Å². The van der Waals surface area contributed by atoms with E-state index < -0.39 is 23.3 Å². The second-order valence-electron chi connectivity index (χ2n) is 5.22. The highest BCUT2D eigenvalue weighted by atomic mass is 32.1. The topological polar surface area (TPSA) is 48.0 Å². The van der Waals surface area contributed by atoms with E-state index >= 15 is 0 Å². The number of benzene rings is 1. The Labute approximate surface area is 133 Å². The summed E-state index contributed by atoms with van der Waals surface area (Å²) in [6.45, 7) is 1.69. The van der Waals surface area contributed by atoms with Gasteiger partial charge in [-0.2, -0.15) is 13.2 Å². The Morgan fingerprint density at radius 2 is 1.87 bits per heavy atom. The quantitative estimate of drug-likeness (QED) is 0.765. The van der Waals surface area contributed by atoms with Crippen molar-refractivity contribution < 1.29 is 13.2 Å². The van der Waals surface area contributed by atoms with E-state index in [4.69, 9.17) is 5.73 Å². The van der Waals surface area contributed by atoms with Crippen molar-refractivity contribution in [3.63, 3.8) is 0 Å². The van der Waals surface area contributed by atoms with Crippen molar-refractivity contribution in [2.75, 3.05) is 0 Å². The molecule has 120 valence electrons. The van der Waals surface area contributed by atoms with Gasteiger partial charge < -0.3 is 5.73 Å².